The number of ether oxygens (including phenoxy) is 1. The van der Waals surface area contributed by atoms with Crippen molar-refractivity contribution in [1.29, 1.82) is 0 Å². The van der Waals surface area contributed by atoms with Crippen LogP contribution in [0.1, 0.15) is 22.2 Å². The summed E-state index contributed by atoms with van der Waals surface area (Å²) in [6, 6.07) is 9.86. The van der Waals surface area contributed by atoms with Crippen molar-refractivity contribution < 1.29 is 4.74 Å². The summed E-state index contributed by atoms with van der Waals surface area (Å²) in [6.45, 7) is 3.11. The van der Waals surface area contributed by atoms with Crippen molar-refractivity contribution in [3.8, 4) is 5.75 Å². The average Bonchev–Trinajstić information content (AvgIpc) is 2.84. The standard InChI is InChI=1S/C14H16ClNOS/c1-2-10-6-7-11(18-10)9-17-14-5-3-4-13(15)12(14)8-16/h3-7H,2,8-9,16H2,1H3. The van der Waals surface area contributed by atoms with Gasteiger partial charge in [-0.1, -0.05) is 24.6 Å². The second kappa shape index (κ2) is 6.23. The highest BCUT2D eigenvalue weighted by molar-refractivity contribution is 7.11. The number of aryl methyl sites for hydroxylation is 1. The van der Waals surface area contributed by atoms with Crippen LogP contribution in [0.25, 0.3) is 0 Å². The quantitative estimate of drug-likeness (QED) is 0.899. The lowest BCUT2D eigenvalue weighted by atomic mass is 10.2. The van der Waals surface area contributed by atoms with Crippen LogP contribution in [-0.4, -0.2) is 0 Å². The molecule has 2 aromatic rings. The molecule has 0 radical (unpaired) electrons. The Bertz CT molecular complexity index is 524. The lowest BCUT2D eigenvalue weighted by Gasteiger charge is -2.10. The minimum Gasteiger partial charge on any atom is -0.488 e. The number of hydrogen-bond donors (Lipinski definition) is 1. The van der Waals surface area contributed by atoms with E-state index in [4.69, 9.17) is 22.1 Å². The summed E-state index contributed by atoms with van der Waals surface area (Å²) in [5.74, 6) is 0.774. The molecule has 96 valence electrons. The van der Waals surface area contributed by atoms with Gasteiger partial charge in [0.15, 0.2) is 0 Å². The van der Waals surface area contributed by atoms with E-state index in [9.17, 15) is 0 Å². The fourth-order valence-corrected chi connectivity index (χ4v) is 2.83. The summed E-state index contributed by atoms with van der Waals surface area (Å²) >= 11 is 7.86. The van der Waals surface area contributed by atoms with E-state index < -0.39 is 0 Å². The Kier molecular flexibility index (Phi) is 4.64. The van der Waals surface area contributed by atoms with Gasteiger partial charge in [-0.05, 0) is 30.7 Å². The van der Waals surface area contributed by atoms with Crippen molar-refractivity contribution >= 4 is 22.9 Å². The van der Waals surface area contributed by atoms with Crippen molar-refractivity contribution in [3.63, 3.8) is 0 Å². The zero-order valence-electron chi connectivity index (χ0n) is 10.3. The van der Waals surface area contributed by atoms with Crippen LogP contribution in [0.5, 0.6) is 5.75 Å². The Balaban J connectivity index is 2.08. The molecule has 2 rings (SSSR count). The minimum atomic E-state index is 0.389. The molecule has 0 saturated carbocycles. The van der Waals surface area contributed by atoms with Gasteiger partial charge in [0.1, 0.15) is 12.4 Å². The number of halogens is 1. The van der Waals surface area contributed by atoms with Gasteiger partial charge in [0, 0.05) is 26.9 Å². The van der Waals surface area contributed by atoms with Crippen LogP contribution in [0.15, 0.2) is 30.3 Å². The summed E-state index contributed by atoms with van der Waals surface area (Å²) in [7, 11) is 0. The van der Waals surface area contributed by atoms with Crippen molar-refractivity contribution in [3.05, 3.63) is 50.7 Å². The molecule has 0 aliphatic rings. The van der Waals surface area contributed by atoms with Gasteiger partial charge in [-0.25, -0.2) is 0 Å². The molecule has 0 amide bonds. The first-order chi connectivity index (χ1) is 8.74. The predicted octanol–water partition coefficient (Wildman–Crippen LogP) is 4.00. The first-order valence-electron chi connectivity index (χ1n) is 5.92. The van der Waals surface area contributed by atoms with Crippen LogP contribution in [0.3, 0.4) is 0 Å². The van der Waals surface area contributed by atoms with E-state index in [0.29, 0.717) is 18.2 Å². The number of hydrogen-bond acceptors (Lipinski definition) is 3. The molecule has 2 N–H and O–H groups in total. The van der Waals surface area contributed by atoms with Crippen LogP contribution >= 0.6 is 22.9 Å². The highest BCUT2D eigenvalue weighted by Gasteiger charge is 2.07. The van der Waals surface area contributed by atoms with Gasteiger partial charge in [0.2, 0.25) is 0 Å². The fourth-order valence-electron chi connectivity index (χ4n) is 1.71. The molecule has 0 aliphatic heterocycles. The lowest BCUT2D eigenvalue weighted by Crippen LogP contribution is -2.02. The molecule has 18 heavy (non-hydrogen) atoms. The third kappa shape index (κ3) is 3.05. The Labute approximate surface area is 116 Å². The van der Waals surface area contributed by atoms with Gasteiger partial charge in [0.25, 0.3) is 0 Å². The molecule has 1 aromatic heterocycles. The van der Waals surface area contributed by atoms with Gasteiger partial charge in [0.05, 0.1) is 0 Å². The molecular weight excluding hydrogens is 266 g/mol. The summed E-state index contributed by atoms with van der Waals surface area (Å²) in [5.41, 5.74) is 6.55. The smallest absolute Gasteiger partial charge is 0.125 e. The summed E-state index contributed by atoms with van der Waals surface area (Å²) < 4.78 is 5.80. The van der Waals surface area contributed by atoms with E-state index in [-0.39, 0.29) is 0 Å². The molecule has 0 atom stereocenters. The fraction of sp³-hybridized carbons (Fsp3) is 0.286. The highest BCUT2D eigenvalue weighted by Crippen LogP contribution is 2.27. The molecule has 0 saturated heterocycles. The third-order valence-electron chi connectivity index (χ3n) is 2.72. The number of nitrogens with two attached hydrogens (primary N) is 1. The molecule has 0 fully saturated rings. The Morgan fingerprint density at radius 3 is 2.67 bits per heavy atom. The van der Waals surface area contributed by atoms with E-state index >= 15 is 0 Å². The maximum atomic E-state index is 6.08. The zero-order chi connectivity index (χ0) is 13.0. The van der Waals surface area contributed by atoms with Crippen LogP contribution < -0.4 is 10.5 Å². The van der Waals surface area contributed by atoms with Crippen molar-refractivity contribution in [1.82, 2.24) is 0 Å². The van der Waals surface area contributed by atoms with Crippen LogP contribution in [0.2, 0.25) is 5.02 Å². The topological polar surface area (TPSA) is 35.2 Å². The predicted molar refractivity (Wildman–Crippen MR) is 77.4 cm³/mol. The van der Waals surface area contributed by atoms with E-state index in [1.165, 1.54) is 9.75 Å². The zero-order valence-corrected chi connectivity index (χ0v) is 11.9. The van der Waals surface area contributed by atoms with Gasteiger partial charge >= 0.3 is 0 Å². The summed E-state index contributed by atoms with van der Waals surface area (Å²) in [5, 5.41) is 0.662. The summed E-state index contributed by atoms with van der Waals surface area (Å²) in [6.07, 6.45) is 1.07. The normalized spacial score (nSPS) is 10.6. The third-order valence-corrected chi connectivity index (χ3v) is 4.27. The maximum absolute atomic E-state index is 6.08. The molecular formula is C14H16ClNOS. The SMILES string of the molecule is CCc1ccc(COc2cccc(Cl)c2CN)s1. The molecule has 0 unspecified atom stereocenters. The molecule has 1 aromatic carbocycles. The molecule has 0 aliphatic carbocycles. The second-order valence-corrected chi connectivity index (χ2v) is 5.59. The highest BCUT2D eigenvalue weighted by atomic mass is 35.5. The van der Waals surface area contributed by atoms with E-state index in [1.54, 1.807) is 11.3 Å². The Morgan fingerprint density at radius 1 is 1.22 bits per heavy atom. The number of rotatable bonds is 5. The Hall–Kier alpha value is -1.03. The van der Waals surface area contributed by atoms with Crippen LogP contribution in [0.4, 0.5) is 0 Å². The van der Waals surface area contributed by atoms with Gasteiger partial charge in [-0.3, -0.25) is 0 Å². The molecule has 4 heteroatoms. The van der Waals surface area contributed by atoms with E-state index in [0.717, 1.165) is 17.7 Å². The molecule has 2 nitrogen and oxygen atoms in total. The van der Waals surface area contributed by atoms with Crippen molar-refractivity contribution in [2.75, 3.05) is 0 Å². The second-order valence-electron chi connectivity index (χ2n) is 3.93. The van der Waals surface area contributed by atoms with Gasteiger partial charge < -0.3 is 10.5 Å². The maximum Gasteiger partial charge on any atom is 0.125 e. The first-order valence-corrected chi connectivity index (χ1v) is 7.12. The Morgan fingerprint density at radius 2 is 2.00 bits per heavy atom. The lowest BCUT2D eigenvalue weighted by molar-refractivity contribution is 0.306. The monoisotopic (exact) mass is 281 g/mol. The molecule has 0 spiro atoms. The largest absolute Gasteiger partial charge is 0.488 e. The van der Waals surface area contributed by atoms with Crippen LogP contribution in [-0.2, 0) is 19.6 Å². The number of benzene rings is 1. The average molecular weight is 282 g/mol. The van der Waals surface area contributed by atoms with E-state index in [1.807, 2.05) is 18.2 Å². The molecule has 0 bridgehead atoms. The number of thiophene rings is 1. The molecule has 1 heterocycles. The first kappa shape index (κ1) is 13.4. The van der Waals surface area contributed by atoms with Crippen molar-refractivity contribution in [2.45, 2.75) is 26.5 Å². The minimum absolute atomic E-state index is 0.389. The van der Waals surface area contributed by atoms with E-state index in [2.05, 4.69) is 19.1 Å². The van der Waals surface area contributed by atoms with Crippen LogP contribution in [0, 0.1) is 0 Å². The van der Waals surface area contributed by atoms with Gasteiger partial charge in [-0.2, -0.15) is 0 Å². The van der Waals surface area contributed by atoms with Gasteiger partial charge in [-0.15, -0.1) is 11.3 Å². The van der Waals surface area contributed by atoms with Crippen molar-refractivity contribution in [2.24, 2.45) is 5.73 Å². The summed E-state index contributed by atoms with van der Waals surface area (Å²) in [4.78, 5) is 2.59.